The molecule has 0 aliphatic carbocycles. The quantitative estimate of drug-likeness (QED) is 0.570. The fraction of sp³-hybridized carbons (Fsp3) is 0.150. The molecule has 27 heavy (non-hydrogen) atoms. The Kier molecular flexibility index (Phi) is 6.57. The Morgan fingerprint density at radius 2 is 1.78 bits per heavy atom. The summed E-state index contributed by atoms with van der Waals surface area (Å²) in [6, 6.07) is 14.3. The summed E-state index contributed by atoms with van der Waals surface area (Å²) in [5.41, 5.74) is 2.31. The van der Waals surface area contributed by atoms with E-state index in [0.29, 0.717) is 30.0 Å². The van der Waals surface area contributed by atoms with Gasteiger partial charge in [0.05, 0.1) is 0 Å². The second-order valence-electron chi connectivity index (χ2n) is 5.83. The summed E-state index contributed by atoms with van der Waals surface area (Å²) >= 11 is 7.37. The minimum atomic E-state index is -0.176. The average Bonchev–Trinajstić information content (AvgIpc) is 3.21. The zero-order valence-corrected chi connectivity index (χ0v) is 16.0. The predicted octanol–water partition coefficient (Wildman–Crippen LogP) is 4.61. The molecule has 1 heterocycles. The highest BCUT2D eigenvalue weighted by molar-refractivity contribution is 7.13. The van der Waals surface area contributed by atoms with Gasteiger partial charge in [-0.3, -0.25) is 9.59 Å². The summed E-state index contributed by atoms with van der Waals surface area (Å²) in [5.74, 6) is -0.261. The highest BCUT2D eigenvalue weighted by Gasteiger charge is 2.07. The number of halogens is 1. The molecule has 0 fully saturated rings. The minimum Gasteiger partial charge on any atom is -0.352 e. The van der Waals surface area contributed by atoms with E-state index in [-0.39, 0.29) is 11.8 Å². The molecule has 2 aromatic carbocycles. The van der Waals surface area contributed by atoms with Crippen molar-refractivity contribution in [3.05, 3.63) is 70.7 Å². The maximum Gasteiger partial charge on any atom is 0.251 e. The van der Waals surface area contributed by atoms with E-state index in [4.69, 9.17) is 11.6 Å². The summed E-state index contributed by atoms with van der Waals surface area (Å²) in [5, 5.41) is 9.11. The number of nitrogens with one attached hydrogen (secondary N) is 2. The van der Waals surface area contributed by atoms with Crippen LogP contribution in [0.1, 0.15) is 23.2 Å². The van der Waals surface area contributed by atoms with E-state index < -0.39 is 0 Å². The molecule has 3 rings (SSSR count). The van der Waals surface area contributed by atoms with Crippen LogP contribution in [-0.2, 0) is 4.79 Å². The second-order valence-corrected chi connectivity index (χ2v) is 7.16. The van der Waals surface area contributed by atoms with Crippen molar-refractivity contribution in [2.24, 2.45) is 0 Å². The number of hydrogen-bond donors (Lipinski definition) is 2. The van der Waals surface area contributed by atoms with Crippen LogP contribution in [0.3, 0.4) is 0 Å². The first-order chi connectivity index (χ1) is 13.1. The van der Waals surface area contributed by atoms with Crippen molar-refractivity contribution < 1.29 is 9.59 Å². The SMILES string of the molecule is O=C(CCCNC(=O)c1ccc(Cl)cc1)Nc1ccc(-c2nccs2)cc1. The van der Waals surface area contributed by atoms with Gasteiger partial charge < -0.3 is 10.6 Å². The van der Waals surface area contributed by atoms with E-state index in [1.54, 1.807) is 41.8 Å². The molecule has 0 radical (unpaired) electrons. The minimum absolute atomic E-state index is 0.0854. The van der Waals surface area contributed by atoms with Crippen molar-refractivity contribution in [3.8, 4) is 10.6 Å². The molecule has 0 bridgehead atoms. The van der Waals surface area contributed by atoms with Crippen molar-refractivity contribution in [1.29, 1.82) is 0 Å². The van der Waals surface area contributed by atoms with Crippen LogP contribution < -0.4 is 10.6 Å². The van der Waals surface area contributed by atoms with Gasteiger partial charge in [-0.2, -0.15) is 0 Å². The maximum absolute atomic E-state index is 12.0. The Morgan fingerprint density at radius 3 is 2.44 bits per heavy atom. The van der Waals surface area contributed by atoms with Crippen LogP contribution in [0.5, 0.6) is 0 Å². The van der Waals surface area contributed by atoms with Gasteiger partial charge in [-0.25, -0.2) is 4.98 Å². The first-order valence-corrected chi connectivity index (χ1v) is 9.71. The lowest BCUT2D eigenvalue weighted by Crippen LogP contribution is -2.25. The van der Waals surface area contributed by atoms with Crippen LogP contribution in [0.25, 0.3) is 10.6 Å². The summed E-state index contributed by atoms with van der Waals surface area (Å²) in [7, 11) is 0. The number of benzene rings is 2. The van der Waals surface area contributed by atoms with E-state index in [9.17, 15) is 9.59 Å². The molecule has 3 aromatic rings. The number of nitrogens with zero attached hydrogens (tertiary/aromatic N) is 1. The van der Waals surface area contributed by atoms with Crippen LogP contribution in [0.4, 0.5) is 5.69 Å². The van der Waals surface area contributed by atoms with Crippen LogP contribution >= 0.6 is 22.9 Å². The monoisotopic (exact) mass is 399 g/mol. The summed E-state index contributed by atoms with van der Waals surface area (Å²) < 4.78 is 0. The Hall–Kier alpha value is -2.70. The third-order valence-corrected chi connectivity index (χ3v) is 4.89. The molecule has 0 aliphatic rings. The van der Waals surface area contributed by atoms with E-state index in [2.05, 4.69) is 15.6 Å². The van der Waals surface area contributed by atoms with Gasteiger partial charge >= 0.3 is 0 Å². The molecule has 0 unspecified atom stereocenters. The van der Waals surface area contributed by atoms with Crippen molar-refractivity contribution in [2.45, 2.75) is 12.8 Å². The van der Waals surface area contributed by atoms with Gasteiger partial charge in [0.1, 0.15) is 5.01 Å². The van der Waals surface area contributed by atoms with Crippen molar-refractivity contribution >= 4 is 40.4 Å². The third kappa shape index (κ3) is 5.64. The summed E-state index contributed by atoms with van der Waals surface area (Å²) in [6.45, 7) is 0.428. The Balaban J connectivity index is 1.39. The molecule has 0 saturated carbocycles. The molecule has 7 heteroatoms. The van der Waals surface area contributed by atoms with Crippen molar-refractivity contribution in [3.63, 3.8) is 0 Å². The second kappa shape index (κ2) is 9.30. The van der Waals surface area contributed by atoms with Crippen molar-refractivity contribution in [2.75, 3.05) is 11.9 Å². The topological polar surface area (TPSA) is 71.1 Å². The molecular weight excluding hydrogens is 382 g/mol. The Labute approximate surface area is 166 Å². The van der Waals surface area contributed by atoms with Gasteiger partial charge in [-0.05, 0) is 55.0 Å². The van der Waals surface area contributed by atoms with Gasteiger partial charge in [0.2, 0.25) is 5.91 Å². The van der Waals surface area contributed by atoms with Crippen LogP contribution in [0.2, 0.25) is 5.02 Å². The van der Waals surface area contributed by atoms with E-state index >= 15 is 0 Å². The van der Waals surface area contributed by atoms with Gasteiger partial charge in [0.15, 0.2) is 0 Å². The van der Waals surface area contributed by atoms with E-state index in [1.165, 1.54) is 0 Å². The average molecular weight is 400 g/mol. The molecule has 2 amide bonds. The zero-order chi connectivity index (χ0) is 19.1. The lowest BCUT2D eigenvalue weighted by atomic mass is 10.2. The predicted molar refractivity (Wildman–Crippen MR) is 109 cm³/mol. The number of hydrogen-bond acceptors (Lipinski definition) is 4. The molecule has 2 N–H and O–H groups in total. The molecule has 5 nitrogen and oxygen atoms in total. The summed E-state index contributed by atoms with van der Waals surface area (Å²) in [6.07, 6.45) is 2.65. The molecule has 0 aliphatic heterocycles. The van der Waals surface area contributed by atoms with E-state index in [0.717, 1.165) is 16.3 Å². The number of anilines is 1. The van der Waals surface area contributed by atoms with Crippen LogP contribution in [-0.4, -0.2) is 23.3 Å². The van der Waals surface area contributed by atoms with Gasteiger partial charge in [0, 0.05) is 46.4 Å². The zero-order valence-electron chi connectivity index (χ0n) is 14.4. The molecule has 1 aromatic heterocycles. The first-order valence-electron chi connectivity index (χ1n) is 8.45. The van der Waals surface area contributed by atoms with Gasteiger partial charge in [0.25, 0.3) is 5.91 Å². The smallest absolute Gasteiger partial charge is 0.251 e. The Bertz CT molecular complexity index is 894. The standard InChI is InChI=1S/C20H18ClN3O2S/c21-16-7-3-14(4-8-16)19(26)22-11-1-2-18(25)24-17-9-5-15(6-10-17)20-23-12-13-27-20/h3-10,12-13H,1-2,11H2,(H,22,26)(H,24,25). The number of aromatic nitrogens is 1. The number of carbonyl (C=O) groups excluding carboxylic acids is 2. The highest BCUT2D eigenvalue weighted by Crippen LogP contribution is 2.23. The fourth-order valence-electron chi connectivity index (χ4n) is 2.44. The fourth-order valence-corrected chi connectivity index (χ4v) is 3.21. The van der Waals surface area contributed by atoms with Gasteiger partial charge in [-0.15, -0.1) is 11.3 Å². The molecule has 0 saturated heterocycles. The lowest BCUT2D eigenvalue weighted by Gasteiger charge is -2.07. The third-order valence-electron chi connectivity index (χ3n) is 3.82. The van der Waals surface area contributed by atoms with Crippen LogP contribution in [0.15, 0.2) is 60.1 Å². The molecular formula is C20H18ClN3O2S. The largest absolute Gasteiger partial charge is 0.352 e. The first kappa shape index (κ1) is 19.1. The highest BCUT2D eigenvalue weighted by atomic mass is 35.5. The van der Waals surface area contributed by atoms with E-state index in [1.807, 2.05) is 29.6 Å². The molecule has 0 atom stereocenters. The lowest BCUT2D eigenvalue weighted by molar-refractivity contribution is -0.116. The van der Waals surface area contributed by atoms with Crippen molar-refractivity contribution in [1.82, 2.24) is 10.3 Å². The molecule has 0 spiro atoms. The Morgan fingerprint density at radius 1 is 1.04 bits per heavy atom. The number of thiazole rings is 1. The molecule has 138 valence electrons. The number of rotatable bonds is 7. The normalized spacial score (nSPS) is 10.4. The number of carbonyl (C=O) groups is 2. The van der Waals surface area contributed by atoms with Crippen LogP contribution in [0, 0.1) is 0 Å². The van der Waals surface area contributed by atoms with Gasteiger partial charge in [-0.1, -0.05) is 11.6 Å². The maximum atomic E-state index is 12.0. The summed E-state index contributed by atoms with van der Waals surface area (Å²) in [4.78, 5) is 28.2. The number of amides is 2.